The van der Waals surface area contributed by atoms with Crippen molar-refractivity contribution in [3.8, 4) is 11.1 Å². The van der Waals surface area contributed by atoms with Crippen molar-refractivity contribution >= 4 is 18.0 Å². The van der Waals surface area contributed by atoms with Crippen molar-refractivity contribution in [3.05, 3.63) is 59.7 Å². The molecular formula is C25H28F2N2O5. The maximum Gasteiger partial charge on any atom is 0.407 e. The molecule has 2 aromatic rings. The molecule has 0 fully saturated rings. The second-order valence-corrected chi connectivity index (χ2v) is 8.63. The average Bonchev–Trinajstić information content (AvgIpc) is 3.10. The molecule has 9 heteroatoms. The van der Waals surface area contributed by atoms with Crippen LogP contribution in [-0.4, -0.2) is 48.2 Å². The predicted octanol–water partition coefficient (Wildman–Crippen LogP) is 4.16. The van der Waals surface area contributed by atoms with Gasteiger partial charge in [0.1, 0.15) is 12.6 Å². The lowest BCUT2D eigenvalue weighted by molar-refractivity contribution is -0.138. The lowest BCUT2D eigenvalue weighted by Gasteiger charge is -2.23. The average molecular weight is 475 g/mol. The molecule has 0 saturated heterocycles. The highest BCUT2D eigenvalue weighted by atomic mass is 19.3. The van der Waals surface area contributed by atoms with Crippen LogP contribution >= 0.6 is 0 Å². The quantitative estimate of drug-likeness (QED) is 0.480. The van der Waals surface area contributed by atoms with Gasteiger partial charge in [0.25, 0.3) is 6.43 Å². The van der Waals surface area contributed by atoms with Gasteiger partial charge in [0.15, 0.2) is 0 Å². The standard InChI is InChI=1S/C25H28F2N2O5/c1-14(2)20(12-23(31)32)28-22(30)11-21(24(26)27)29-25(33)34-13-19-17-9-5-3-7-15(17)16-8-4-6-10-18(16)19/h3-10,14,19-21,24H,11-13H2,1-2H3,(H,28,30)(H,29,33)(H,31,32)/t20-,21?/m0/s1. The fourth-order valence-corrected chi connectivity index (χ4v) is 4.10. The van der Waals surface area contributed by atoms with Gasteiger partial charge in [-0.2, -0.15) is 0 Å². The first kappa shape index (κ1) is 25.1. The number of fused-ring (bicyclic) bond motifs is 3. The number of ether oxygens (including phenoxy) is 1. The first-order valence-corrected chi connectivity index (χ1v) is 11.1. The number of hydrogen-bond donors (Lipinski definition) is 3. The minimum absolute atomic E-state index is 0.0456. The van der Waals surface area contributed by atoms with E-state index in [1.165, 1.54) is 0 Å². The summed E-state index contributed by atoms with van der Waals surface area (Å²) in [4.78, 5) is 35.5. The molecule has 182 valence electrons. The molecule has 0 spiro atoms. The molecule has 0 aromatic heterocycles. The number of halogens is 2. The molecule has 3 N–H and O–H groups in total. The van der Waals surface area contributed by atoms with Crippen LogP contribution in [0.25, 0.3) is 11.1 Å². The predicted molar refractivity (Wildman–Crippen MR) is 122 cm³/mol. The minimum atomic E-state index is -3.01. The van der Waals surface area contributed by atoms with Crippen LogP contribution in [0.5, 0.6) is 0 Å². The van der Waals surface area contributed by atoms with E-state index in [9.17, 15) is 23.2 Å². The number of carbonyl (C=O) groups is 3. The van der Waals surface area contributed by atoms with Gasteiger partial charge in [-0.05, 0) is 28.2 Å². The van der Waals surface area contributed by atoms with Crippen molar-refractivity contribution in [2.24, 2.45) is 5.92 Å². The van der Waals surface area contributed by atoms with Crippen molar-refractivity contribution in [2.75, 3.05) is 6.61 Å². The molecule has 0 radical (unpaired) electrons. The Kier molecular flexibility index (Phi) is 8.20. The molecule has 0 heterocycles. The molecule has 7 nitrogen and oxygen atoms in total. The zero-order valence-electron chi connectivity index (χ0n) is 19.0. The number of hydrogen-bond acceptors (Lipinski definition) is 4. The Morgan fingerprint density at radius 2 is 1.47 bits per heavy atom. The van der Waals surface area contributed by atoms with Crippen LogP contribution in [0.3, 0.4) is 0 Å². The van der Waals surface area contributed by atoms with Gasteiger partial charge in [-0.1, -0.05) is 62.4 Å². The van der Waals surface area contributed by atoms with E-state index in [0.717, 1.165) is 22.3 Å². The van der Waals surface area contributed by atoms with E-state index in [1.54, 1.807) is 13.8 Å². The van der Waals surface area contributed by atoms with Gasteiger partial charge in [-0.3, -0.25) is 9.59 Å². The molecule has 1 unspecified atom stereocenters. The van der Waals surface area contributed by atoms with Gasteiger partial charge in [-0.15, -0.1) is 0 Å². The summed E-state index contributed by atoms with van der Waals surface area (Å²) in [5.41, 5.74) is 4.05. The number of amides is 2. The number of carbonyl (C=O) groups excluding carboxylic acids is 2. The van der Waals surface area contributed by atoms with E-state index in [0.29, 0.717) is 0 Å². The third-order valence-corrected chi connectivity index (χ3v) is 5.90. The Hall–Kier alpha value is -3.49. The maximum atomic E-state index is 13.5. The van der Waals surface area contributed by atoms with Gasteiger partial charge in [0, 0.05) is 12.0 Å². The summed E-state index contributed by atoms with van der Waals surface area (Å²) >= 11 is 0. The molecule has 1 aliphatic carbocycles. The normalized spacial score (nSPS) is 14.3. The highest BCUT2D eigenvalue weighted by Crippen LogP contribution is 2.44. The van der Waals surface area contributed by atoms with E-state index >= 15 is 0 Å². The molecule has 34 heavy (non-hydrogen) atoms. The number of aliphatic carboxylic acids is 1. The van der Waals surface area contributed by atoms with E-state index in [4.69, 9.17) is 9.84 Å². The Morgan fingerprint density at radius 3 is 1.97 bits per heavy atom. The number of alkyl carbamates (subject to hydrolysis) is 1. The van der Waals surface area contributed by atoms with Gasteiger partial charge in [0.2, 0.25) is 5.91 Å². The van der Waals surface area contributed by atoms with Crippen molar-refractivity contribution in [2.45, 2.75) is 51.1 Å². The van der Waals surface area contributed by atoms with Crippen molar-refractivity contribution in [1.29, 1.82) is 0 Å². The summed E-state index contributed by atoms with van der Waals surface area (Å²) in [5, 5.41) is 13.5. The van der Waals surface area contributed by atoms with Gasteiger partial charge in [-0.25, -0.2) is 13.6 Å². The Balaban J connectivity index is 1.59. The van der Waals surface area contributed by atoms with Crippen LogP contribution < -0.4 is 10.6 Å². The van der Waals surface area contributed by atoms with Crippen molar-refractivity contribution < 1.29 is 33.0 Å². The summed E-state index contributed by atoms with van der Waals surface area (Å²) in [6.45, 7) is 3.39. The van der Waals surface area contributed by atoms with Gasteiger partial charge < -0.3 is 20.5 Å². The van der Waals surface area contributed by atoms with Crippen molar-refractivity contribution in [3.63, 3.8) is 0 Å². The molecule has 1 aliphatic rings. The van der Waals surface area contributed by atoms with Crippen LogP contribution in [0, 0.1) is 5.92 Å². The summed E-state index contributed by atoms with van der Waals surface area (Å²) in [7, 11) is 0. The molecule has 0 aliphatic heterocycles. The second-order valence-electron chi connectivity index (χ2n) is 8.63. The molecule has 2 atom stereocenters. The fourth-order valence-electron chi connectivity index (χ4n) is 4.10. The van der Waals surface area contributed by atoms with E-state index in [-0.39, 0.29) is 24.9 Å². The van der Waals surface area contributed by atoms with Crippen LogP contribution in [0.4, 0.5) is 13.6 Å². The topological polar surface area (TPSA) is 105 Å². The molecule has 2 amide bonds. The Morgan fingerprint density at radius 1 is 0.912 bits per heavy atom. The lowest BCUT2D eigenvalue weighted by Crippen LogP contribution is -2.47. The second kappa shape index (κ2) is 11.1. The monoisotopic (exact) mass is 474 g/mol. The molecular weight excluding hydrogens is 446 g/mol. The summed E-state index contributed by atoms with van der Waals surface area (Å²) in [5.74, 6) is -2.32. The third kappa shape index (κ3) is 6.09. The zero-order valence-corrected chi connectivity index (χ0v) is 19.0. The van der Waals surface area contributed by atoms with Crippen LogP contribution in [-0.2, 0) is 14.3 Å². The number of alkyl halides is 2. The molecule has 0 bridgehead atoms. The molecule has 2 aromatic carbocycles. The largest absolute Gasteiger partial charge is 0.481 e. The van der Waals surface area contributed by atoms with E-state index < -0.39 is 42.9 Å². The lowest BCUT2D eigenvalue weighted by atomic mass is 9.98. The summed E-state index contributed by atoms with van der Waals surface area (Å²) < 4.78 is 32.3. The number of carboxylic acids is 1. The number of rotatable bonds is 10. The smallest absolute Gasteiger partial charge is 0.407 e. The fraction of sp³-hybridized carbons (Fsp3) is 0.400. The Bertz CT molecular complexity index is 998. The maximum absolute atomic E-state index is 13.5. The number of carboxylic acid groups (broad SMARTS) is 1. The third-order valence-electron chi connectivity index (χ3n) is 5.90. The van der Waals surface area contributed by atoms with Crippen LogP contribution in [0.2, 0.25) is 0 Å². The summed E-state index contributed by atoms with van der Waals surface area (Å²) in [6, 6.07) is 13.0. The molecule has 0 saturated carbocycles. The first-order chi connectivity index (χ1) is 16.2. The number of benzene rings is 2. The SMILES string of the molecule is CC(C)[C@H](CC(=O)O)NC(=O)CC(NC(=O)OCC1c2ccccc2-c2ccccc21)C(F)F. The molecule has 3 rings (SSSR count). The van der Waals surface area contributed by atoms with Gasteiger partial charge >= 0.3 is 12.1 Å². The minimum Gasteiger partial charge on any atom is -0.481 e. The summed E-state index contributed by atoms with van der Waals surface area (Å²) in [6.07, 6.45) is -5.10. The van der Waals surface area contributed by atoms with Crippen LogP contribution in [0.15, 0.2) is 48.5 Å². The first-order valence-electron chi connectivity index (χ1n) is 11.1. The Labute approximate surface area is 196 Å². The van der Waals surface area contributed by atoms with E-state index in [1.807, 2.05) is 48.5 Å². The van der Waals surface area contributed by atoms with Crippen molar-refractivity contribution in [1.82, 2.24) is 10.6 Å². The number of nitrogens with one attached hydrogen (secondary N) is 2. The van der Waals surface area contributed by atoms with Gasteiger partial charge in [0.05, 0.1) is 12.8 Å². The highest BCUT2D eigenvalue weighted by Gasteiger charge is 2.31. The van der Waals surface area contributed by atoms with Crippen LogP contribution in [0.1, 0.15) is 43.7 Å². The zero-order chi connectivity index (χ0) is 24.8. The highest BCUT2D eigenvalue weighted by molar-refractivity contribution is 5.80. The van der Waals surface area contributed by atoms with E-state index in [2.05, 4.69) is 10.6 Å².